The molecule has 1 aromatic carbocycles. The monoisotopic (exact) mass is 347 g/mol. The van der Waals surface area contributed by atoms with Crippen LogP contribution in [0.3, 0.4) is 0 Å². The molecule has 1 unspecified atom stereocenters. The van der Waals surface area contributed by atoms with Gasteiger partial charge in [0.15, 0.2) is 5.13 Å². The van der Waals surface area contributed by atoms with Crippen LogP contribution in [0, 0.1) is 18.8 Å². The van der Waals surface area contributed by atoms with Gasteiger partial charge in [-0.15, -0.1) is 23.7 Å². The third-order valence-electron chi connectivity index (χ3n) is 3.99. The second-order valence-electron chi connectivity index (χ2n) is 5.75. The Morgan fingerprint density at radius 1 is 1.35 bits per heavy atom. The number of thiazole rings is 1. The molecule has 1 saturated heterocycles. The summed E-state index contributed by atoms with van der Waals surface area (Å²) in [7, 11) is 0. The average molecular weight is 348 g/mol. The van der Waals surface area contributed by atoms with E-state index < -0.39 is 0 Å². The lowest BCUT2D eigenvalue weighted by Crippen LogP contribution is -2.52. The standard InChI is InChI=1S/C18H21N3S.ClH/c1-15-5-3-6-17(13-15)7-4-9-20-10-11-21(14-16(20)2)18-19-8-12-22-18;/h3,5-6,8,12-13,16H,9-11,14H2,1-2H3;1H. The number of hydrogen-bond donors (Lipinski definition) is 0. The first-order valence-electron chi connectivity index (χ1n) is 7.66. The fraction of sp³-hybridized carbons (Fsp3) is 0.389. The number of anilines is 1. The van der Waals surface area contributed by atoms with Crippen molar-refractivity contribution < 1.29 is 0 Å². The maximum Gasteiger partial charge on any atom is 0.185 e. The van der Waals surface area contributed by atoms with E-state index in [2.05, 4.69) is 64.7 Å². The molecule has 3 rings (SSSR count). The Morgan fingerprint density at radius 2 is 2.22 bits per heavy atom. The van der Waals surface area contributed by atoms with Gasteiger partial charge in [0.05, 0.1) is 6.54 Å². The number of aryl methyl sites for hydroxylation is 1. The summed E-state index contributed by atoms with van der Waals surface area (Å²) in [5, 5.41) is 3.18. The van der Waals surface area contributed by atoms with Crippen molar-refractivity contribution in [3.63, 3.8) is 0 Å². The Hall–Kier alpha value is -1.54. The van der Waals surface area contributed by atoms with Gasteiger partial charge in [0.25, 0.3) is 0 Å². The first-order valence-corrected chi connectivity index (χ1v) is 8.54. The molecule has 0 amide bonds. The molecule has 1 aromatic heterocycles. The molecule has 0 bridgehead atoms. The molecule has 0 spiro atoms. The number of nitrogens with zero attached hydrogens (tertiary/aromatic N) is 3. The lowest BCUT2D eigenvalue weighted by atomic mass is 10.1. The zero-order chi connectivity index (χ0) is 15.4. The Labute approximate surface area is 148 Å². The van der Waals surface area contributed by atoms with E-state index in [1.54, 1.807) is 11.3 Å². The summed E-state index contributed by atoms with van der Waals surface area (Å²) in [6, 6.07) is 8.88. The zero-order valence-electron chi connectivity index (χ0n) is 13.5. The van der Waals surface area contributed by atoms with E-state index in [9.17, 15) is 0 Å². The minimum absolute atomic E-state index is 0. The molecule has 2 heterocycles. The topological polar surface area (TPSA) is 19.4 Å². The highest BCUT2D eigenvalue weighted by molar-refractivity contribution is 7.13. The summed E-state index contributed by atoms with van der Waals surface area (Å²) < 4.78 is 0. The van der Waals surface area contributed by atoms with Gasteiger partial charge >= 0.3 is 0 Å². The maximum absolute atomic E-state index is 4.41. The molecule has 3 nitrogen and oxygen atoms in total. The van der Waals surface area contributed by atoms with Crippen molar-refractivity contribution in [1.29, 1.82) is 0 Å². The van der Waals surface area contributed by atoms with Crippen molar-refractivity contribution in [3.05, 3.63) is 47.0 Å². The van der Waals surface area contributed by atoms with E-state index in [1.165, 1.54) is 5.56 Å². The summed E-state index contributed by atoms with van der Waals surface area (Å²) >= 11 is 1.72. The van der Waals surface area contributed by atoms with Crippen LogP contribution >= 0.6 is 23.7 Å². The van der Waals surface area contributed by atoms with Gasteiger partial charge in [-0.2, -0.15) is 0 Å². The zero-order valence-corrected chi connectivity index (χ0v) is 15.2. The van der Waals surface area contributed by atoms with E-state index in [4.69, 9.17) is 0 Å². The largest absolute Gasteiger partial charge is 0.345 e. The number of aromatic nitrogens is 1. The molecule has 0 radical (unpaired) electrons. The lowest BCUT2D eigenvalue weighted by Gasteiger charge is -2.38. The maximum atomic E-state index is 4.41. The van der Waals surface area contributed by atoms with Crippen molar-refractivity contribution in [2.45, 2.75) is 19.9 Å². The van der Waals surface area contributed by atoms with E-state index in [0.717, 1.165) is 36.9 Å². The van der Waals surface area contributed by atoms with E-state index in [-0.39, 0.29) is 12.4 Å². The summed E-state index contributed by atoms with van der Waals surface area (Å²) in [6.07, 6.45) is 1.88. The highest BCUT2D eigenvalue weighted by atomic mass is 35.5. The fourth-order valence-corrected chi connectivity index (χ4v) is 3.42. The number of piperazine rings is 1. The molecule has 1 atom stereocenters. The predicted octanol–water partition coefficient (Wildman–Crippen LogP) is 3.44. The van der Waals surface area contributed by atoms with Gasteiger partial charge in [-0.05, 0) is 31.5 Å². The van der Waals surface area contributed by atoms with Gasteiger partial charge in [-0.25, -0.2) is 4.98 Å². The Balaban J connectivity index is 0.00000192. The van der Waals surface area contributed by atoms with E-state index in [1.807, 2.05) is 11.6 Å². The quantitative estimate of drug-likeness (QED) is 0.776. The van der Waals surface area contributed by atoms with Crippen LogP contribution in [0.4, 0.5) is 5.13 Å². The first kappa shape index (κ1) is 17.8. The molecule has 0 saturated carbocycles. The normalized spacial score (nSPS) is 18.0. The minimum atomic E-state index is 0. The molecule has 23 heavy (non-hydrogen) atoms. The number of benzene rings is 1. The Morgan fingerprint density at radius 3 is 2.91 bits per heavy atom. The number of hydrogen-bond acceptors (Lipinski definition) is 4. The highest BCUT2D eigenvalue weighted by Gasteiger charge is 2.24. The molecule has 1 aliphatic heterocycles. The van der Waals surface area contributed by atoms with Gasteiger partial charge < -0.3 is 4.90 Å². The highest BCUT2D eigenvalue weighted by Crippen LogP contribution is 2.20. The Bertz CT molecular complexity index is 675. The van der Waals surface area contributed by atoms with Crippen LogP contribution in [-0.4, -0.2) is 42.1 Å². The molecule has 2 aromatic rings. The summed E-state index contributed by atoms with van der Waals surface area (Å²) in [6.45, 7) is 8.31. The third kappa shape index (κ3) is 4.71. The molecule has 5 heteroatoms. The van der Waals surface area contributed by atoms with Crippen LogP contribution in [0.2, 0.25) is 0 Å². The van der Waals surface area contributed by atoms with Crippen LogP contribution < -0.4 is 4.90 Å². The molecular weight excluding hydrogens is 326 g/mol. The molecule has 1 aliphatic rings. The lowest BCUT2D eigenvalue weighted by molar-refractivity contribution is 0.213. The first-order chi connectivity index (χ1) is 10.7. The average Bonchev–Trinajstić information content (AvgIpc) is 3.03. The van der Waals surface area contributed by atoms with Gasteiger partial charge in [0.2, 0.25) is 0 Å². The van der Waals surface area contributed by atoms with Crippen molar-refractivity contribution >= 4 is 28.9 Å². The van der Waals surface area contributed by atoms with Gasteiger partial charge in [0, 0.05) is 42.8 Å². The smallest absolute Gasteiger partial charge is 0.185 e. The van der Waals surface area contributed by atoms with E-state index >= 15 is 0 Å². The molecular formula is C18H22ClN3S. The summed E-state index contributed by atoms with van der Waals surface area (Å²) in [5.41, 5.74) is 2.37. The van der Waals surface area contributed by atoms with Gasteiger partial charge in [0.1, 0.15) is 0 Å². The van der Waals surface area contributed by atoms with Crippen LogP contribution in [0.1, 0.15) is 18.1 Å². The second kappa shape index (κ2) is 8.35. The Kier molecular flexibility index (Phi) is 6.47. The van der Waals surface area contributed by atoms with Crippen LogP contribution in [0.25, 0.3) is 0 Å². The molecule has 122 valence electrons. The summed E-state index contributed by atoms with van der Waals surface area (Å²) in [5.74, 6) is 6.60. The van der Waals surface area contributed by atoms with Gasteiger partial charge in [-0.1, -0.05) is 24.0 Å². The number of rotatable bonds is 2. The third-order valence-corrected chi connectivity index (χ3v) is 4.82. The van der Waals surface area contributed by atoms with Crippen LogP contribution in [-0.2, 0) is 0 Å². The molecule has 1 fully saturated rings. The van der Waals surface area contributed by atoms with Crippen molar-refractivity contribution in [2.24, 2.45) is 0 Å². The summed E-state index contributed by atoms with van der Waals surface area (Å²) in [4.78, 5) is 9.23. The molecule has 0 N–H and O–H groups in total. The van der Waals surface area contributed by atoms with Gasteiger partial charge in [-0.3, -0.25) is 4.90 Å². The molecule has 0 aliphatic carbocycles. The number of halogens is 1. The fourth-order valence-electron chi connectivity index (χ4n) is 2.74. The predicted molar refractivity (Wildman–Crippen MR) is 101 cm³/mol. The van der Waals surface area contributed by atoms with Crippen LogP contribution in [0.5, 0.6) is 0 Å². The SMILES string of the molecule is Cc1cccc(C#CCN2CCN(c3nccs3)CC2C)c1.Cl. The van der Waals surface area contributed by atoms with Crippen molar-refractivity contribution in [3.8, 4) is 11.8 Å². The minimum Gasteiger partial charge on any atom is -0.345 e. The second-order valence-corrected chi connectivity index (χ2v) is 6.62. The van der Waals surface area contributed by atoms with Crippen LogP contribution in [0.15, 0.2) is 35.8 Å². The van der Waals surface area contributed by atoms with E-state index in [0.29, 0.717) is 6.04 Å². The van der Waals surface area contributed by atoms with Crippen molar-refractivity contribution in [1.82, 2.24) is 9.88 Å². The van der Waals surface area contributed by atoms with Crippen molar-refractivity contribution in [2.75, 3.05) is 31.1 Å².